The van der Waals surface area contributed by atoms with Crippen LogP contribution in [0, 0.1) is 0 Å². The van der Waals surface area contributed by atoms with Crippen LogP contribution in [0.5, 0.6) is 0 Å². The molecule has 0 amide bonds. The number of rotatable bonds is 6. The number of hydrogen-bond acceptors (Lipinski definition) is 4. The molecule has 0 saturated carbocycles. The van der Waals surface area contributed by atoms with Crippen LogP contribution in [0.4, 0.5) is 5.82 Å². The van der Waals surface area contributed by atoms with Crippen LogP contribution in [0.2, 0.25) is 5.15 Å². The van der Waals surface area contributed by atoms with Crippen molar-refractivity contribution in [3.8, 4) is 0 Å². The number of nitrogens with zero attached hydrogens (tertiary/aromatic N) is 3. The largest absolute Gasteiger partial charge is 0.380 e. The number of ether oxygens (including phenoxy) is 1. The van der Waals surface area contributed by atoms with Crippen LogP contribution in [0.1, 0.15) is 13.8 Å². The summed E-state index contributed by atoms with van der Waals surface area (Å²) < 4.78 is 6.06. The number of aromatic nitrogens is 2. The second-order valence-corrected chi connectivity index (χ2v) is 4.23. The van der Waals surface area contributed by atoms with Gasteiger partial charge in [-0.25, -0.2) is 9.97 Å². The molecule has 0 unspecified atom stereocenters. The van der Waals surface area contributed by atoms with Crippen molar-refractivity contribution < 1.29 is 4.74 Å². The molecule has 4 nitrogen and oxygen atoms in total. The van der Waals surface area contributed by atoms with E-state index in [0.29, 0.717) is 11.8 Å². The molecule has 1 rings (SSSR count). The monoisotopic (exact) mass is 307 g/mol. The van der Waals surface area contributed by atoms with E-state index in [1.54, 1.807) is 0 Å². The zero-order valence-corrected chi connectivity index (χ0v) is 11.8. The number of halogens is 2. The minimum atomic E-state index is 0.430. The molecular formula is C10H15BrClN3O. The van der Waals surface area contributed by atoms with E-state index >= 15 is 0 Å². The van der Waals surface area contributed by atoms with E-state index in [-0.39, 0.29) is 0 Å². The highest BCUT2D eigenvalue weighted by Crippen LogP contribution is 2.28. The van der Waals surface area contributed by atoms with Crippen molar-refractivity contribution in [2.45, 2.75) is 13.8 Å². The van der Waals surface area contributed by atoms with E-state index in [2.05, 4.69) is 37.7 Å². The molecule has 0 fully saturated rings. The van der Waals surface area contributed by atoms with Gasteiger partial charge in [0.05, 0.1) is 11.1 Å². The fraction of sp³-hybridized carbons (Fsp3) is 0.600. The molecule has 1 aromatic rings. The first-order valence-electron chi connectivity index (χ1n) is 5.19. The summed E-state index contributed by atoms with van der Waals surface area (Å²) in [4.78, 5) is 10.2. The fourth-order valence-electron chi connectivity index (χ4n) is 1.29. The number of anilines is 1. The molecule has 0 radical (unpaired) electrons. The highest BCUT2D eigenvalue weighted by molar-refractivity contribution is 9.10. The maximum absolute atomic E-state index is 5.92. The van der Waals surface area contributed by atoms with Gasteiger partial charge in [0, 0.05) is 19.7 Å². The van der Waals surface area contributed by atoms with Gasteiger partial charge in [-0.1, -0.05) is 11.6 Å². The summed E-state index contributed by atoms with van der Waals surface area (Å²) in [7, 11) is 0. The molecule has 0 aliphatic rings. The minimum absolute atomic E-state index is 0.430. The molecule has 0 aliphatic heterocycles. The molecule has 16 heavy (non-hydrogen) atoms. The first kappa shape index (κ1) is 13.7. The van der Waals surface area contributed by atoms with Crippen LogP contribution in [0.25, 0.3) is 0 Å². The van der Waals surface area contributed by atoms with Crippen LogP contribution in [0.3, 0.4) is 0 Å². The Bertz CT molecular complexity index is 338. The molecular weight excluding hydrogens is 293 g/mol. The second-order valence-electron chi connectivity index (χ2n) is 3.08. The van der Waals surface area contributed by atoms with Crippen molar-refractivity contribution in [3.05, 3.63) is 16.0 Å². The zero-order valence-electron chi connectivity index (χ0n) is 9.41. The summed E-state index contributed by atoms with van der Waals surface area (Å²) >= 11 is 9.31. The second kappa shape index (κ2) is 7.04. The van der Waals surface area contributed by atoms with Gasteiger partial charge in [0.2, 0.25) is 0 Å². The third-order valence-electron chi connectivity index (χ3n) is 2.12. The lowest BCUT2D eigenvalue weighted by Gasteiger charge is -2.22. The summed E-state index contributed by atoms with van der Waals surface area (Å²) in [6.45, 7) is 7.08. The number of hydrogen-bond donors (Lipinski definition) is 0. The van der Waals surface area contributed by atoms with Crippen LogP contribution < -0.4 is 4.90 Å². The quantitative estimate of drug-likeness (QED) is 0.598. The topological polar surface area (TPSA) is 38.2 Å². The van der Waals surface area contributed by atoms with Gasteiger partial charge in [0.25, 0.3) is 0 Å². The number of likely N-dealkylation sites (N-methyl/N-ethyl adjacent to an activating group) is 1. The summed E-state index contributed by atoms with van der Waals surface area (Å²) in [6, 6.07) is 0. The summed E-state index contributed by atoms with van der Waals surface area (Å²) in [6.07, 6.45) is 1.46. The molecule has 1 aromatic heterocycles. The van der Waals surface area contributed by atoms with E-state index in [1.165, 1.54) is 6.33 Å². The fourth-order valence-corrected chi connectivity index (χ4v) is 1.88. The Morgan fingerprint density at radius 3 is 2.81 bits per heavy atom. The first-order valence-corrected chi connectivity index (χ1v) is 6.36. The van der Waals surface area contributed by atoms with E-state index < -0.39 is 0 Å². The lowest BCUT2D eigenvalue weighted by molar-refractivity contribution is 0.154. The van der Waals surface area contributed by atoms with Crippen LogP contribution >= 0.6 is 27.5 Å². The van der Waals surface area contributed by atoms with E-state index in [9.17, 15) is 0 Å². The van der Waals surface area contributed by atoms with Crippen LogP contribution in [0.15, 0.2) is 10.8 Å². The lowest BCUT2D eigenvalue weighted by atomic mass is 10.4. The van der Waals surface area contributed by atoms with Gasteiger partial charge >= 0.3 is 0 Å². The Labute approximate surface area is 109 Å². The molecule has 6 heteroatoms. The summed E-state index contributed by atoms with van der Waals surface area (Å²) in [5, 5.41) is 0.430. The Morgan fingerprint density at radius 2 is 2.19 bits per heavy atom. The van der Waals surface area contributed by atoms with Gasteiger partial charge in [-0.05, 0) is 29.8 Å². The van der Waals surface area contributed by atoms with Crippen molar-refractivity contribution >= 4 is 33.3 Å². The van der Waals surface area contributed by atoms with Crippen molar-refractivity contribution in [1.82, 2.24) is 9.97 Å². The normalized spacial score (nSPS) is 10.5. The Morgan fingerprint density at radius 1 is 1.44 bits per heavy atom. The standard InChI is InChI=1S/C10H15BrClN3O/c1-3-15(5-6-16-4-2)10-8(11)9(12)13-7-14-10/h7H,3-6H2,1-2H3. The predicted molar refractivity (Wildman–Crippen MR) is 69.1 cm³/mol. The predicted octanol–water partition coefficient (Wildman–Crippen LogP) is 2.76. The average Bonchev–Trinajstić information content (AvgIpc) is 2.29. The highest BCUT2D eigenvalue weighted by Gasteiger charge is 2.12. The molecule has 1 heterocycles. The Balaban J connectivity index is 2.74. The molecule has 0 N–H and O–H groups in total. The van der Waals surface area contributed by atoms with Gasteiger partial charge < -0.3 is 9.64 Å². The SMILES string of the molecule is CCOCCN(CC)c1ncnc(Cl)c1Br. The van der Waals surface area contributed by atoms with Gasteiger partial charge in [0.15, 0.2) is 0 Å². The average molecular weight is 309 g/mol. The van der Waals surface area contributed by atoms with Gasteiger partial charge in [-0.3, -0.25) is 0 Å². The van der Waals surface area contributed by atoms with Crippen molar-refractivity contribution in [3.63, 3.8) is 0 Å². The summed E-state index contributed by atoms with van der Waals surface area (Å²) in [5.74, 6) is 0.808. The maximum atomic E-state index is 5.92. The minimum Gasteiger partial charge on any atom is -0.380 e. The zero-order chi connectivity index (χ0) is 12.0. The molecule has 0 atom stereocenters. The lowest BCUT2D eigenvalue weighted by Crippen LogP contribution is -2.28. The summed E-state index contributed by atoms with van der Waals surface area (Å²) in [5.41, 5.74) is 0. The van der Waals surface area contributed by atoms with Crippen molar-refractivity contribution in [1.29, 1.82) is 0 Å². The molecule has 0 aromatic carbocycles. The van der Waals surface area contributed by atoms with Crippen LogP contribution in [-0.4, -0.2) is 36.3 Å². The first-order chi connectivity index (χ1) is 7.70. The molecule has 0 bridgehead atoms. The third kappa shape index (κ3) is 3.57. The Kier molecular flexibility index (Phi) is 6.01. The van der Waals surface area contributed by atoms with Crippen LogP contribution in [-0.2, 0) is 4.74 Å². The van der Waals surface area contributed by atoms with E-state index in [1.807, 2.05) is 6.92 Å². The van der Waals surface area contributed by atoms with E-state index in [4.69, 9.17) is 16.3 Å². The third-order valence-corrected chi connectivity index (χ3v) is 3.36. The maximum Gasteiger partial charge on any atom is 0.148 e. The van der Waals surface area contributed by atoms with Gasteiger partial charge in [-0.15, -0.1) is 0 Å². The van der Waals surface area contributed by atoms with Gasteiger partial charge in [-0.2, -0.15) is 0 Å². The smallest absolute Gasteiger partial charge is 0.148 e. The Hall–Kier alpha value is -0.390. The van der Waals surface area contributed by atoms with Crippen molar-refractivity contribution in [2.75, 3.05) is 31.2 Å². The molecule has 0 aliphatic carbocycles. The van der Waals surface area contributed by atoms with Crippen molar-refractivity contribution in [2.24, 2.45) is 0 Å². The van der Waals surface area contributed by atoms with Gasteiger partial charge in [0.1, 0.15) is 17.3 Å². The highest BCUT2D eigenvalue weighted by atomic mass is 79.9. The molecule has 90 valence electrons. The van der Waals surface area contributed by atoms with E-state index in [0.717, 1.165) is 30.0 Å². The molecule has 0 saturated heterocycles. The molecule has 0 spiro atoms.